The zero-order valence-corrected chi connectivity index (χ0v) is 10.6. The third-order valence-corrected chi connectivity index (χ3v) is 2.79. The summed E-state index contributed by atoms with van der Waals surface area (Å²) in [6.45, 7) is 4.01. The van der Waals surface area contributed by atoms with Crippen LogP contribution in [0.1, 0.15) is 21.5 Å². The Hall–Kier alpha value is -2.09. The first-order valence-electron chi connectivity index (χ1n) is 5.95. The van der Waals surface area contributed by atoms with Crippen LogP contribution in [-0.4, -0.2) is 12.4 Å². The highest BCUT2D eigenvalue weighted by molar-refractivity contribution is 5.97. The van der Waals surface area contributed by atoms with E-state index in [9.17, 15) is 4.79 Å². The fourth-order valence-corrected chi connectivity index (χ4v) is 1.76. The highest BCUT2D eigenvalue weighted by Gasteiger charge is 2.07. The second-order valence-corrected chi connectivity index (χ2v) is 4.35. The van der Waals surface area contributed by atoms with Gasteiger partial charge >= 0.3 is 0 Å². The molecule has 0 N–H and O–H groups in total. The second-order valence-electron chi connectivity index (χ2n) is 4.35. The summed E-state index contributed by atoms with van der Waals surface area (Å²) >= 11 is 0. The Morgan fingerprint density at radius 3 is 2.56 bits per heavy atom. The van der Waals surface area contributed by atoms with E-state index in [1.54, 1.807) is 0 Å². The van der Waals surface area contributed by atoms with Crippen molar-refractivity contribution in [2.24, 2.45) is 0 Å². The normalized spacial score (nSPS) is 10.1. The zero-order chi connectivity index (χ0) is 13.0. The van der Waals surface area contributed by atoms with Gasteiger partial charge in [0.25, 0.3) is 0 Å². The number of Topliss-reactive ketones (excluding diaryl/α,β-unsaturated/α-hetero) is 1. The number of rotatable bonds is 4. The van der Waals surface area contributed by atoms with Crippen LogP contribution in [0, 0.1) is 13.8 Å². The molecule has 0 heterocycles. The molecular formula is C16H16O2. The number of hydrogen-bond donors (Lipinski definition) is 0. The number of ether oxygens (including phenoxy) is 1. The molecular weight excluding hydrogens is 224 g/mol. The molecule has 2 nitrogen and oxygen atoms in total. The molecule has 2 aromatic rings. The molecule has 0 atom stereocenters. The Morgan fingerprint density at radius 2 is 1.83 bits per heavy atom. The van der Waals surface area contributed by atoms with Crippen LogP contribution in [-0.2, 0) is 0 Å². The Labute approximate surface area is 107 Å². The van der Waals surface area contributed by atoms with E-state index in [-0.39, 0.29) is 12.4 Å². The third kappa shape index (κ3) is 2.98. The van der Waals surface area contributed by atoms with Crippen LogP contribution in [0.3, 0.4) is 0 Å². The molecule has 18 heavy (non-hydrogen) atoms. The Kier molecular flexibility index (Phi) is 3.78. The maximum atomic E-state index is 12.0. The molecule has 0 aliphatic rings. The Balaban J connectivity index is 2.03. The lowest BCUT2D eigenvalue weighted by Crippen LogP contribution is -2.12. The first-order valence-corrected chi connectivity index (χ1v) is 5.95. The van der Waals surface area contributed by atoms with Gasteiger partial charge in [-0.2, -0.15) is 0 Å². The van der Waals surface area contributed by atoms with Gasteiger partial charge in [0, 0.05) is 5.56 Å². The maximum absolute atomic E-state index is 12.0. The van der Waals surface area contributed by atoms with Crippen molar-refractivity contribution in [3.8, 4) is 5.75 Å². The zero-order valence-electron chi connectivity index (χ0n) is 10.6. The second kappa shape index (κ2) is 5.50. The highest BCUT2D eigenvalue weighted by Crippen LogP contribution is 2.16. The van der Waals surface area contributed by atoms with Gasteiger partial charge in [-0.25, -0.2) is 0 Å². The van der Waals surface area contributed by atoms with Crippen LogP contribution in [0.15, 0.2) is 48.5 Å². The van der Waals surface area contributed by atoms with E-state index < -0.39 is 0 Å². The summed E-state index contributed by atoms with van der Waals surface area (Å²) in [6, 6.07) is 15.2. The number of benzene rings is 2. The monoisotopic (exact) mass is 240 g/mol. The van der Waals surface area contributed by atoms with Crippen molar-refractivity contribution in [1.29, 1.82) is 0 Å². The van der Waals surface area contributed by atoms with Crippen molar-refractivity contribution in [2.45, 2.75) is 13.8 Å². The number of carbonyl (C=O) groups excluding carboxylic acids is 1. The molecule has 0 radical (unpaired) electrons. The molecule has 0 aliphatic carbocycles. The summed E-state index contributed by atoms with van der Waals surface area (Å²) in [6.07, 6.45) is 0. The Bertz CT molecular complexity index is 559. The van der Waals surface area contributed by atoms with Gasteiger partial charge in [0.2, 0.25) is 0 Å². The predicted molar refractivity (Wildman–Crippen MR) is 72.2 cm³/mol. The summed E-state index contributed by atoms with van der Waals surface area (Å²) in [4.78, 5) is 12.0. The van der Waals surface area contributed by atoms with Gasteiger partial charge in [-0.05, 0) is 31.5 Å². The summed E-state index contributed by atoms with van der Waals surface area (Å²) in [5.74, 6) is 0.764. The largest absolute Gasteiger partial charge is 0.485 e. The minimum atomic E-state index is 0.00181. The molecule has 2 rings (SSSR count). The van der Waals surface area contributed by atoms with E-state index >= 15 is 0 Å². The molecule has 0 fully saturated rings. The lowest BCUT2D eigenvalue weighted by Gasteiger charge is -2.08. The first kappa shape index (κ1) is 12.4. The van der Waals surface area contributed by atoms with E-state index in [2.05, 4.69) is 0 Å². The number of ketones is 1. The minimum absolute atomic E-state index is 0.00181. The molecule has 0 bridgehead atoms. The molecule has 0 saturated carbocycles. The van der Waals surface area contributed by atoms with Crippen molar-refractivity contribution >= 4 is 5.78 Å². The van der Waals surface area contributed by atoms with Crippen LogP contribution < -0.4 is 4.74 Å². The fraction of sp³-hybridized carbons (Fsp3) is 0.188. The first-order chi connectivity index (χ1) is 8.66. The van der Waals surface area contributed by atoms with Crippen LogP contribution >= 0.6 is 0 Å². The van der Waals surface area contributed by atoms with Crippen molar-refractivity contribution in [3.05, 3.63) is 65.2 Å². The average Bonchev–Trinajstić information content (AvgIpc) is 2.37. The molecule has 2 heteroatoms. The van der Waals surface area contributed by atoms with Gasteiger partial charge in [0.15, 0.2) is 12.4 Å². The van der Waals surface area contributed by atoms with Crippen molar-refractivity contribution in [2.75, 3.05) is 6.61 Å². The van der Waals surface area contributed by atoms with Crippen molar-refractivity contribution in [1.82, 2.24) is 0 Å². The van der Waals surface area contributed by atoms with E-state index in [1.165, 1.54) is 0 Å². The number of hydrogen-bond acceptors (Lipinski definition) is 2. The number of para-hydroxylation sites is 1. The SMILES string of the molecule is Cc1cccc(C(=O)COc2ccccc2C)c1. The molecule has 0 spiro atoms. The summed E-state index contributed by atoms with van der Waals surface area (Å²) in [5.41, 5.74) is 2.81. The summed E-state index contributed by atoms with van der Waals surface area (Å²) < 4.78 is 5.54. The van der Waals surface area contributed by atoms with Crippen LogP contribution in [0.25, 0.3) is 0 Å². The highest BCUT2D eigenvalue weighted by atomic mass is 16.5. The van der Waals surface area contributed by atoms with Gasteiger partial charge < -0.3 is 4.74 Å². The lowest BCUT2D eigenvalue weighted by molar-refractivity contribution is 0.0921. The standard InChI is InChI=1S/C16H16O2/c1-12-6-5-8-14(10-12)15(17)11-18-16-9-4-3-7-13(16)2/h3-10H,11H2,1-2H3. The molecule has 92 valence electrons. The van der Waals surface area contributed by atoms with Gasteiger partial charge in [-0.15, -0.1) is 0 Å². The lowest BCUT2D eigenvalue weighted by atomic mass is 10.1. The van der Waals surface area contributed by atoms with Crippen LogP contribution in [0.4, 0.5) is 0 Å². The quantitative estimate of drug-likeness (QED) is 0.764. The van der Waals surface area contributed by atoms with Crippen molar-refractivity contribution in [3.63, 3.8) is 0 Å². The van der Waals surface area contributed by atoms with E-state index in [0.717, 1.165) is 16.9 Å². The van der Waals surface area contributed by atoms with E-state index in [1.807, 2.05) is 62.4 Å². The van der Waals surface area contributed by atoms with Gasteiger partial charge in [0.05, 0.1) is 0 Å². The number of aryl methyl sites for hydroxylation is 2. The molecule has 0 unspecified atom stereocenters. The average molecular weight is 240 g/mol. The van der Waals surface area contributed by atoms with Gasteiger partial charge in [0.1, 0.15) is 5.75 Å². The van der Waals surface area contributed by atoms with E-state index in [0.29, 0.717) is 5.56 Å². The van der Waals surface area contributed by atoms with Crippen LogP contribution in [0.5, 0.6) is 5.75 Å². The topological polar surface area (TPSA) is 26.3 Å². The molecule has 0 aliphatic heterocycles. The van der Waals surface area contributed by atoms with Gasteiger partial charge in [-0.1, -0.05) is 42.0 Å². The van der Waals surface area contributed by atoms with Gasteiger partial charge in [-0.3, -0.25) is 4.79 Å². The predicted octanol–water partition coefficient (Wildman–Crippen LogP) is 3.57. The molecule has 0 saturated heterocycles. The summed E-state index contributed by atoms with van der Waals surface area (Å²) in [7, 11) is 0. The fourth-order valence-electron chi connectivity index (χ4n) is 1.76. The van der Waals surface area contributed by atoms with E-state index in [4.69, 9.17) is 4.74 Å². The van der Waals surface area contributed by atoms with Crippen molar-refractivity contribution < 1.29 is 9.53 Å². The maximum Gasteiger partial charge on any atom is 0.200 e. The third-order valence-electron chi connectivity index (χ3n) is 2.79. The summed E-state index contributed by atoms with van der Waals surface area (Å²) in [5, 5.41) is 0. The molecule has 2 aromatic carbocycles. The molecule has 0 aromatic heterocycles. The Morgan fingerprint density at radius 1 is 1.06 bits per heavy atom. The number of carbonyl (C=O) groups is 1. The minimum Gasteiger partial charge on any atom is -0.485 e. The smallest absolute Gasteiger partial charge is 0.200 e. The molecule has 0 amide bonds. The van der Waals surface area contributed by atoms with Crippen LogP contribution in [0.2, 0.25) is 0 Å².